The molecule has 2 aromatic rings. The molecule has 1 N–H and O–H groups in total. The SMILES string of the molecule is Cc1ccc(S(=O)(=O)Nc2ccc(Br)cc2OC(C)C)cc1. The van der Waals surface area contributed by atoms with Gasteiger partial charge in [-0.05, 0) is 51.1 Å². The smallest absolute Gasteiger partial charge is 0.262 e. The van der Waals surface area contributed by atoms with Crippen LogP contribution in [0.1, 0.15) is 19.4 Å². The van der Waals surface area contributed by atoms with Crippen molar-refractivity contribution in [1.29, 1.82) is 0 Å². The lowest BCUT2D eigenvalue weighted by molar-refractivity contribution is 0.243. The third-order valence-corrected chi connectivity index (χ3v) is 4.76. The lowest BCUT2D eigenvalue weighted by Crippen LogP contribution is -2.15. The van der Waals surface area contributed by atoms with Gasteiger partial charge >= 0.3 is 0 Å². The van der Waals surface area contributed by atoms with Crippen molar-refractivity contribution >= 4 is 31.6 Å². The van der Waals surface area contributed by atoms with E-state index in [1.54, 1.807) is 42.5 Å². The van der Waals surface area contributed by atoms with E-state index >= 15 is 0 Å². The minimum Gasteiger partial charge on any atom is -0.489 e. The minimum atomic E-state index is -3.65. The van der Waals surface area contributed by atoms with Gasteiger partial charge in [-0.3, -0.25) is 4.72 Å². The van der Waals surface area contributed by atoms with E-state index < -0.39 is 10.0 Å². The van der Waals surface area contributed by atoms with Gasteiger partial charge < -0.3 is 4.74 Å². The number of rotatable bonds is 5. The Balaban J connectivity index is 2.35. The monoisotopic (exact) mass is 383 g/mol. The van der Waals surface area contributed by atoms with Gasteiger partial charge in [-0.15, -0.1) is 0 Å². The van der Waals surface area contributed by atoms with Crippen LogP contribution >= 0.6 is 15.9 Å². The topological polar surface area (TPSA) is 55.4 Å². The standard InChI is InChI=1S/C16H18BrNO3S/c1-11(2)21-16-10-13(17)6-9-15(16)18-22(19,20)14-7-4-12(3)5-8-14/h4-11,18H,1-3H3. The fourth-order valence-corrected chi connectivity index (χ4v) is 3.26. The van der Waals surface area contributed by atoms with Crippen LogP contribution in [0.2, 0.25) is 0 Å². The van der Waals surface area contributed by atoms with Gasteiger partial charge in [0, 0.05) is 4.47 Å². The van der Waals surface area contributed by atoms with Crippen molar-refractivity contribution in [2.45, 2.75) is 31.8 Å². The maximum atomic E-state index is 12.5. The van der Waals surface area contributed by atoms with Gasteiger partial charge in [0.05, 0.1) is 16.7 Å². The molecule has 4 nitrogen and oxygen atoms in total. The van der Waals surface area contributed by atoms with Crippen molar-refractivity contribution in [3.05, 3.63) is 52.5 Å². The zero-order chi connectivity index (χ0) is 16.3. The second kappa shape index (κ2) is 6.71. The van der Waals surface area contributed by atoms with E-state index in [1.165, 1.54) is 0 Å². The van der Waals surface area contributed by atoms with Crippen molar-refractivity contribution < 1.29 is 13.2 Å². The van der Waals surface area contributed by atoms with Crippen LogP contribution in [0.5, 0.6) is 5.75 Å². The van der Waals surface area contributed by atoms with Crippen LogP contribution in [0.25, 0.3) is 0 Å². The fraction of sp³-hybridized carbons (Fsp3) is 0.250. The zero-order valence-electron chi connectivity index (χ0n) is 12.6. The first kappa shape index (κ1) is 16.8. The van der Waals surface area contributed by atoms with Crippen LogP contribution in [0, 0.1) is 6.92 Å². The highest BCUT2D eigenvalue weighted by Crippen LogP contribution is 2.31. The number of anilines is 1. The van der Waals surface area contributed by atoms with Gasteiger partial charge in [0.1, 0.15) is 5.75 Å². The lowest BCUT2D eigenvalue weighted by Gasteiger charge is -2.16. The molecule has 6 heteroatoms. The molecule has 2 rings (SSSR count). The van der Waals surface area contributed by atoms with E-state index in [4.69, 9.17) is 4.74 Å². The van der Waals surface area contributed by atoms with Gasteiger partial charge in [0.2, 0.25) is 0 Å². The Labute approximate surface area is 139 Å². The molecule has 2 aromatic carbocycles. The number of nitrogens with one attached hydrogen (secondary N) is 1. The molecule has 0 aliphatic heterocycles. The van der Waals surface area contributed by atoms with E-state index in [2.05, 4.69) is 20.7 Å². The second-order valence-corrected chi connectivity index (χ2v) is 7.82. The van der Waals surface area contributed by atoms with E-state index in [1.807, 2.05) is 20.8 Å². The molecule has 118 valence electrons. The molecule has 0 aliphatic rings. The summed E-state index contributed by atoms with van der Waals surface area (Å²) in [6.45, 7) is 5.69. The first-order valence-corrected chi connectivity index (χ1v) is 9.11. The third-order valence-electron chi connectivity index (χ3n) is 2.88. The van der Waals surface area contributed by atoms with Crippen LogP contribution in [0.15, 0.2) is 51.8 Å². The van der Waals surface area contributed by atoms with Gasteiger partial charge in [0.15, 0.2) is 0 Å². The number of ether oxygens (including phenoxy) is 1. The van der Waals surface area contributed by atoms with Crippen molar-refractivity contribution in [2.24, 2.45) is 0 Å². The van der Waals surface area contributed by atoms with E-state index in [0.717, 1.165) is 10.0 Å². The zero-order valence-corrected chi connectivity index (χ0v) is 15.0. The highest BCUT2D eigenvalue weighted by Gasteiger charge is 2.17. The number of aryl methyl sites for hydroxylation is 1. The van der Waals surface area contributed by atoms with E-state index in [-0.39, 0.29) is 11.0 Å². The van der Waals surface area contributed by atoms with Crippen molar-refractivity contribution in [3.63, 3.8) is 0 Å². The van der Waals surface area contributed by atoms with Crippen LogP contribution in [-0.4, -0.2) is 14.5 Å². The summed E-state index contributed by atoms with van der Waals surface area (Å²) in [5.41, 5.74) is 1.42. The second-order valence-electron chi connectivity index (χ2n) is 5.23. The molecular formula is C16H18BrNO3S. The molecule has 0 aliphatic carbocycles. The number of benzene rings is 2. The molecule has 0 aromatic heterocycles. The molecular weight excluding hydrogens is 366 g/mol. The average Bonchev–Trinajstić information content (AvgIpc) is 2.41. The Morgan fingerprint density at radius 2 is 1.73 bits per heavy atom. The molecule has 0 fully saturated rings. The summed E-state index contributed by atoms with van der Waals surface area (Å²) in [5, 5.41) is 0. The summed E-state index contributed by atoms with van der Waals surface area (Å²) in [6.07, 6.45) is -0.0584. The minimum absolute atomic E-state index is 0.0584. The first-order valence-electron chi connectivity index (χ1n) is 6.83. The quantitative estimate of drug-likeness (QED) is 0.834. The summed E-state index contributed by atoms with van der Waals surface area (Å²) in [6, 6.07) is 11.9. The summed E-state index contributed by atoms with van der Waals surface area (Å²) < 4.78 is 34.0. The van der Waals surface area contributed by atoms with Crippen molar-refractivity contribution in [2.75, 3.05) is 4.72 Å². The Kier molecular flexibility index (Phi) is 5.13. The van der Waals surface area contributed by atoms with Crippen LogP contribution in [0.3, 0.4) is 0 Å². The highest BCUT2D eigenvalue weighted by molar-refractivity contribution is 9.10. The molecule has 0 amide bonds. The van der Waals surface area contributed by atoms with Crippen molar-refractivity contribution in [1.82, 2.24) is 0 Å². The van der Waals surface area contributed by atoms with E-state index in [9.17, 15) is 8.42 Å². The normalized spacial score (nSPS) is 11.5. The Morgan fingerprint density at radius 1 is 1.09 bits per heavy atom. The molecule has 0 radical (unpaired) electrons. The number of hydrogen-bond acceptors (Lipinski definition) is 3. The first-order chi connectivity index (χ1) is 10.3. The molecule has 0 unspecified atom stereocenters. The molecule has 0 spiro atoms. The number of sulfonamides is 1. The molecule has 0 heterocycles. The largest absolute Gasteiger partial charge is 0.489 e. The maximum Gasteiger partial charge on any atom is 0.262 e. The number of halogens is 1. The highest BCUT2D eigenvalue weighted by atomic mass is 79.9. The summed E-state index contributed by atoms with van der Waals surface area (Å²) in [5.74, 6) is 0.486. The predicted octanol–water partition coefficient (Wildman–Crippen LogP) is 4.35. The van der Waals surface area contributed by atoms with Crippen LogP contribution in [-0.2, 0) is 10.0 Å². The molecule has 0 atom stereocenters. The fourth-order valence-electron chi connectivity index (χ4n) is 1.85. The van der Waals surface area contributed by atoms with E-state index in [0.29, 0.717) is 11.4 Å². The Hall–Kier alpha value is -1.53. The number of hydrogen-bond donors (Lipinski definition) is 1. The van der Waals surface area contributed by atoms with Crippen LogP contribution in [0.4, 0.5) is 5.69 Å². The van der Waals surface area contributed by atoms with Crippen molar-refractivity contribution in [3.8, 4) is 5.75 Å². The van der Waals surface area contributed by atoms with Gasteiger partial charge in [-0.1, -0.05) is 33.6 Å². The molecule has 0 bridgehead atoms. The summed E-state index contributed by atoms with van der Waals surface area (Å²) >= 11 is 3.36. The average molecular weight is 384 g/mol. The Bertz CT molecular complexity index is 755. The maximum absolute atomic E-state index is 12.5. The lowest BCUT2D eigenvalue weighted by atomic mass is 10.2. The predicted molar refractivity (Wildman–Crippen MR) is 91.9 cm³/mol. The summed E-state index contributed by atoms with van der Waals surface area (Å²) in [7, 11) is -3.65. The van der Waals surface area contributed by atoms with Crippen LogP contribution < -0.4 is 9.46 Å². The van der Waals surface area contributed by atoms with Gasteiger partial charge in [-0.2, -0.15) is 0 Å². The molecule has 0 saturated carbocycles. The van der Waals surface area contributed by atoms with Gasteiger partial charge in [0.25, 0.3) is 10.0 Å². The molecule has 0 saturated heterocycles. The third kappa shape index (κ3) is 4.24. The molecule has 22 heavy (non-hydrogen) atoms. The summed E-state index contributed by atoms with van der Waals surface area (Å²) in [4.78, 5) is 0.219. The Morgan fingerprint density at radius 3 is 2.32 bits per heavy atom. The van der Waals surface area contributed by atoms with Gasteiger partial charge in [-0.25, -0.2) is 8.42 Å².